The molecule has 0 saturated heterocycles. The van der Waals surface area contributed by atoms with E-state index in [0.29, 0.717) is 12.1 Å². The Hall–Kier alpha value is -4.95. The van der Waals surface area contributed by atoms with Crippen LogP contribution in [0.1, 0.15) is 17.0 Å². The lowest BCUT2D eigenvalue weighted by molar-refractivity contribution is 1.03. The molecule has 2 aromatic heterocycles. The van der Waals surface area contributed by atoms with Crippen molar-refractivity contribution in [3.05, 3.63) is 133 Å². The van der Waals surface area contributed by atoms with Gasteiger partial charge in [-0.3, -0.25) is 9.55 Å². The van der Waals surface area contributed by atoms with Crippen LogP contribution in [0.25, 0.3) is 27.9 Å². The summed E-state index contributed by atoms with van der Waals surface area (Å²) in [5, 5.41) is 9.78. The number of fused-ring (bicyclic) bond motifs is 1. The fourth-order valence-electron chi connectivity index (χ4n) is 4.57. The molecular formula is C30H21N5. The zero-order chi connectivity index (χ0) is 23.6. The molecule has 0 saturated carbocycles. The van der Waals surface area contributed by atoms with E-state index in [2.05, 4.69) is 51.0 Å². The number of pyridine rings is 1. The van der Waals surface area contributed by atoms with Crippen LogP contribution < -0.4 is 4.90 Å². The van der Waals surface area contributed by atoms with Crippen molar-refractivity contribution in [1.82, 2.24) is 14.5 Å². The first kappa shape index (κ1) is 20.6. The predicted molar refractivity (Wildman–Crippen MR) is 140 cm³/mol. The highest BCUT2D eigenvalue weighted by molar-refractivity contribution is 5.92. The largest absolute Gasteiger partial charge is 0.343 e. The van der Waals surface area contributed by atoms with E-state index in [1.54, 1.807) is 12.4 Å². The normalized spacial score (nSPS) is 13.3. The van der Waals surface area contributed by atoms with E-state index in [9.17, 15) is 5.26 Å². The van der Waals surface area contributed by atoms with Gasteiger partial charge in [0, 0.05) is 36.4 Å². The third-order valence-corrected chi connectivity index (χ3v) is 6.19. The van der Waals surface area contributed by atoms with Crippen molar-refractivity contribution in [2.75, 3.05) is 11.4 Å². The van der Waals surface area contributed by atoms with Crippen LogP contribution in [0.4, 0.5) is 5.69 Å². The summed E-state index contributed by atoms with van der Waals surface area (Å²) in [5.74, 6) is 0.838. The molecule has 35 heavy (non-hydrogen) atoms. The van der Waals surface area contributed by atoms with Crippen molar-refractivity contribution in [2.45, 2.75) is 0 Å². The molecule has 0 radical (unpaired) electrons. The van der Waals surface area contributed by atoms with Crippen LogP contribution in [0.3, 0.4) is 0 Å². The van der Waals surface area contributed by atoms with Crippen molar-refractivity contribution in [3.8, 4) is 11.8 Å². The van der Waals surface area contributed by atoms with Crippen LogP contribution in [-0.2, 0) is 0 Å². The molecule has 0 N–H and O–H groups in total. The van der Waals surface area contributed by atoms with E-state index < -0.39 is 0 Å². The van der Waals surface area contributed by atoms with E-state index in [1.165, 1.54) is 0 Å². The number of aromatic nitrogens is 3. The summed E-state index contributed by atoms with van der Waals surface area (Å²) >= 11 is 0. The van der Waals surface area contributed by atoms with E-state index in [1.807, 2.05) is 72.8 Å². The van der Waals surface area contributed by atoms with Crippen LogP contribution in [0, 0.1) is 11.3 Å². The number of nitriles is 1. The second-order valence-corrected chi connectivity index (χ2v) is 8.34. The molecule has 5 heteroatoms. The lowest BCUT2D eigenvalue weighted by atomic mass is 9.95. The number of allylic oxidation sites excluding steroid dienone is 2. The maximum Gasteiger partial charge on any atom is 0.147 e. The molecule has 6 rings (SSSR count). The second-order valence-electron chi connectivity index (χ2n) is 8.34. The van der Waals surface area contributed by atoms with Gasteiger partial charge in [0.25, 0.3) is 0 Å². The zero-order valence-corrected chi connectivity index (χ0v) is 18.9. The van der Waals surface area contributed by atoms with Gasteiger partial charge >= 0.3 is 0 Å². The second kappa shape index (κ2) is 8.77. The molecule has 3 heterocycles. The zero-order valence-electron chi connectivity index (χ0n) is 18.9. The SMILES string of the molecule is N#Cc1ccccc1C1=CC(c2nc3ccccc3n2-c2ccncc2)=CN(c2ccccc2)C1. The number of hydrogen-bond acceptors (Lipinski definition) is 4. The van der Waals surface area contributed by atoms with Crippen LogP contribution in [0.15, 0.2) is 116 Å². The number of nitrogens with zero attached hydrogens (tertiary/aromatic N) is 5. The molecule has 3 aromatic carbocycles. The van der Waals surface area contributed by atoms with Crippen LogP contribution in [-0.4, -0.2) is 21.1 Å². The minimum Gasteiger partial charge on any atom is -0.343 e. The molecule has 0 aliphatic carbocycles. The third kappa shape index (κ3) is 3.77. The highest BCUT2D eigenvalue weighted by atomic mass is 15.1. The Morgan fingerprint density at radius 2 is 1.51 bits per heavy atom. The number of para-hydroxylation sites is 3. The quantitative estimate of drug-likeness (QED) is 0.325. The van der Waals surface area contributed by atoms with E-state index >= 15 is 0 Å². The van der Waals surface area contributed by atoms with Gasteiger partial charge in [0.05, 0.1) is 28.4 Å². The topological polar surface area (TPSA) is 57.7 Å². The highest BCUT2D eigenvalue weighted by Gasteiger charge is 2.22. The maximum atomic E-state index is 9.78. The monoisotopic (exact) mass is 451 g/mol. The number of benzene rings is 3. The molecule has 0 atom stereocenters. The Balaban J connectivity index is 1.59. The summed E-state index contributed by atoms with van der Waals surface area (Å²) in [5.41, 5.74) is 7.66. The summed E-state index contributed by atoms with van der Waals surface area (Å²) < 4.78 is 2.17. The molecule has 1 aliphatic heterocycles. The lowest BCUT2D eigenvalue weighted by Crippen LogP contribution is -2.23. The molecular weight excluding hydrogens is 430 g/mol. The molecule has 0 fully saturated rings. The fraction of sp³-hybridized carbons (Fsp3) is 0.0333. The van der Waals surface area contributed by atoms with Gasteiger partial charge in [-0.1, -0.05) is 48.5 Å². The van der Waals surface area contributed by atoms with Gasteiger partial charge in [-0.25, -0.2) is 4.98 Å². The van der Waals surface area contributed by atoms with Gasteiger partial charge in [0.1, 0.15) is 5.82 Å². The van der Waals surface area contributed by atoms with E-state index in [-0.39, 0.29) is 0 Å². The molecule has 1 aliphatic rings. The van der Waals surface area contributed by atoms with Gasteiger partial charge in [0.15, 0.2) is 0 Å². The van der Waals surface area contributed by atoms with E-state index in [4.69, 9.17) is 4.98 Å². The first-order chi connectivity index (χ1) is 17.3. The average molecular weight is 452 g/mol. The summed E-state index contributed by atoms with van der Waals surface area (Å²) in [4.78, 5) is 11.5. The molecule has 166 valence electrons. The van der Waals surface area contributed by atoms with Crippen LogP contribution in [0.2, 0.25) is 0 Å². The Kier molecular flexibility index (Phi) is 5.17. The third-order valence-electron chi connectivity index (χ3n) is 6.19. The molecule has 0 bridgehead atoms. The van der Waals surface area contributed by atoms with Gasteiger partial charge < -0.3 is 4.90 Å². The van der Waals surface area contributed by atoms with Gasteiger partial charge in [-0.2, -0.15) is 5.26 Å². The number of rotatable bonds is 4. The number of hydrogen-bond donors (Lipinski definition) is 0. The van der Waals surface area contributed by atoms with Gasteiger partial charge in [-0.05, 0) is 59.7 Å². The van der Waals surface area contributed by atoms with Crippen LogP contribution >= 0.6 is 0 Å². The molecule has 5 nitrogen and oxygen atoms in total. The Morgan fingerprint density at radius 3 is 2.34 bits per heavy atom. The molecule has 5 aromatic rings. The first-order valence-electron chi connectivity index (χ1n) is 11.4. The summed E-state index contributed by atoms with van der Waals surface area (Å²) in [6.45, 7) is 0.654. The summed E-state index contributed by atoms with van der Waals surface area (Å²) in [7, 11) is 0. The van der Waals surface area contributed by atoms with Gasteiger partial charge in [0.2, 0.25) is 0 Å². The fourth-order valence-corrected chi connectivity index (χ4v) is 4.57. The minimum absolute atomic E-state index is 0.654. The average Bonchev–Trinajstić information content (AvgIpc) is 3.33. The van der Waals surface area contributed by atoms with Crippen molar-refractivity contribution in [1.29, 1.82) is 5.26 Å². The lowest BCUT2D eigenvalue weighted by Gasteiger charge is -2.28. The van der Waals surface area contributed by atoms with Gasteiger partial charge in [-0.15, -0.1) is 0 Å². The van der Waals surface area contributed by atoms with Crippen molar-refractivity contribution >= 4 is 27.9 Å². The van der Waals surface area contributed by atoms with Crippen LogP contribution in [0.5, 0.6) is 0 Å². The summed E-state index contributed by atoms with van der Waals surface area (Å²) in [6.07, 6.45) is 7.90. The molecule has 0 unspecified atom stereocenters. The Bertz CT molecular complexity index is 1620. The van der Waals surface area contributed by atoms with Crippen molar-refractivity contribution < 1.29 is 0 Å². The summed E-state index contributed by atoms with van der Waals surface area (Å²) in [6, 6.07) is 32.5. The predicted octanol–water partition coefficient (Wildman–Crippen LogP) is 6.24. The number of anilines is 1. The highest BCUT2D eigenvalue weighted by Crippen LogP contribution is 2.34. The van der Waals surface area contributed by atoms with Crippen molar-refractivity contribution in [3.63, 3.8) is 0 Å². The van der Waals surface area contributed by atoms with Crippen molar-refractivity contribution in [2.24, 2.45) is 0 Å². The smallest absolute Gasteiger partial charge is 0.147 e. The maximum absolute atomic E-state index is 9.78. The Morgan fingerprint density at radius 1 is 0.771 bits per heavy atom. The minimum atomic E-state index is 0.654. The molecule has 0 amide bonds. The standard InChI is InChI=1S/C30H21N5/c31-19-22-8-4-5-11-27(22)23-18-24(21-34(20-23)25-9-2-1-3-10-25)30-33-28-12-6-7-13-29(28)35(30)26-14-16-32-17-15-26/h1-18,21H,20H2. The first-order valence-corrected chi connectivity index (χ1v) is 11.4. The number of imidazole rings is 1. The Labute approximate surface area is 203 Å². The molecule has 0 spiro atoms. The van der Waals surface area contributed by atoms with E-state index in [0.717, 1.165) is 44.9 Å².